The Labute approximate surface area is 110 Å². The van der Waals surface area contributed by atoms with Gasteiger partial charge in [-0.05, 0) is 18.1 Å². The van der Waals surface area contributed by atoms with Crippen molar-refractivity contribution in [2.75, 3.05) is 0 Å². The summed E-state index contributed by atoms with van der Waals surface area (Å²) in [5, 5.41) is 11.3. The Balaban J connectivity index is 2.70. The van der Waals surface area contributed by atoms with E-state index in [1.54, 1.807) is 26.0 Å². The van der Waals surface area contributed by atoms with Gasteiger partial charge in [0, 0.05) is 11.6 Å². The number of hydrogen-bond acceptors (Lipinski definition) is 2. The Kier molecular flexibility index (Phi) is 5.23. The normalized spacial score (nSPS) is 12.6. The van der Waals surface area contributed by atoms with Crippen LogP contribution in [0.25, 0.3) is 6.08 Å². The van der Waals surface area contributed by atoms with Crippen LogP contribution in [0, 0.1) is 11.7 Å². The molecule has 0 aliphatic rings. The lowest BCUT2D eigenvalue weighted by Gasteiger charge is -2.16. The third-order valence-electron chi connectivity index (χ3n) is 2.55. The first-order valence-electron chi connectivity index (χ1n) is 5.87. The van der Waals surface area contributed by atoms with Crippen molar-refractivity contribution in [1.82, 2.24) is 5.32 Å². The molecule has 0 aliphatic carbocycles. The van der Waals surface area contributed by atoms with E-state index in [1.165, 1.54) is 18.2 Å². The lowest BCUT2D eigenvalue weighted by Crippen LogP contribution is -2.43. The van der Waals surface area contributed by atoms with Crippen LogP contribution in [0.15, 0.2) is 30.3 Å². The van der Waals surface area contributed by atoms with Crippen molar-refractivity contribution >= 4 is 18.0 Å². The van der Waals surface area contributed by atoms with Crippen molar-refractivity contribution in [2.45, 2.75) is 19.9 Å². The number of nitrogens with one attached hydrogen (secondary N) is 1. The molecule has 1 aromatic rings. The molecule has 19 heavy (non-hydrogen) atoms. The highest BCUT2D eigenvalue weighted by molar-refractivity contribution is 5.94. The molecule has 1 aromatic carbocycles. The molecule has 0 unspecified atom stereocenters. The molecule has 1 atom stereocenters. The summed E-state index contributed by atoms with van der Waals surface area (Å²) < 4.78 is 13.3. The molecule has 0 fully saturated rings. The third kappa shape index (κ3) is 4.54. The predicted octanol–water partition coefficient (Wildman–Crippen LogP) is 2.06. The quantitative estimate of drug-likeness (QED) is 0.801. The summed E-state index contributed by atoms with van der Waals surface area (Å²) in [6.07, 6.45) is 2.43. The van der Waals surface area contributed by atoms with Crippen LogP contribution in [-0.2, 0) is 9.59 Å². The summed E-state index contributed by atoms with van der Waals surface area (Å²) in [7, 11) is 0. The van der Waals surface area contributed by atoms with Gasteiger partial charge in [-0.3, -0.25) is 4.79 Å². The van der Waals surface area contributed by atoms with Crippen molar-refractivity contribution < 1.29 is 19.1 Å². The minimum atomic E-state index is -1.09. The van der Waals surface area contributed by atoms with E-state index in [2.05, 4.69) is 5.32 Å². The first-order chi connectivity index (χ1) is 8.91. The van der Waals surface area contributed by atoms with Gasteiger partial charge in [-0.25, -0.2) is 9.18 Å². The number of rotatable bonds is 5. The maximum Gasteiger partial charge on any atom is 0.326 e. The van der Waals surface area contributed by atoms with E-state index in [4.69, 9.17) is 5.11 Å². The molecule has 0 bridgehead atoms. The lowest BCUT2D eigenvalue weighted by atomic mass is 10.0. The molecule has 0 saturated heterocycles. The molecule has 0 heterocycles. The first kappa shape index (κ1) is 14.9. The molecule has 5 heteroatoms. The van der Waals surface area contributed by atoms with E-state index in [9.17, 15) is 14.0 Å². The van der Waals surface area contributed by atoms with Gasteiger partial charge in [0.05, 0.1) is 0 Å². The van der Waals surface area contributed by atoms with Crippen LogP contribution in [0.3, 0.4) is 0 Å². The molecular weight excluding hydrogens is 249 g/mol. The SMILES string of the molecule is CC(C)[C@@H](NC(=O)C=Cc1ccccc1F)C(=O)O. The molecule has 0 radical (unpaired) electrons. The van der Waals surface area contributed by atoms with E-state index in [-0.39, 0.29) is 11.5 Å². The molecule has 0 aromatic heterocycles. The summed E-state index contributed by atoms with van der Waals surface area (Å²) in [5.41, 5.74) is 0.272. The smallest absolute Gasteiger partial charge is 0.326 e. The zero-order chi connectivity index (χ0) is 14.4. The predicted molar refractivity (Wildman–Crippen MR) is 69.8 cm³/mol. The van der Waals surface area contributed by atoms with Gasteiger partial charge in [-0.15, -0.1) is 0 Å². The highest BCUT2D eigenvalue weighted by Crippen LogP contribution is 2.08. The molecule has 1 rings (SSSR count). The second-order valence-electron chi connectivity index (χ2n) is 4.42. The summed E-state index contributed by atoms with van der Waals surface area (Å²) >= 11 is 0. The Morgan fingerprint density at radius 3 is 2.47 bits per heavy atom. The topological polar surface area (TPSA) is 66.4 Å². The van der Waals surface area contributed by atoms with Crippen LogP contribution in [0.4, 0.5) is 4.39 Å². The number of aliphatic carboxylic acids is 1. The third-order valence-corrected chi connectivity index (χ3v) is 2.55. The van der Waals surface area contributed by atoms with E-state index in [0.29, 0.717) is 0 Å². The van der Waals surface area contributed by atoms with Crippen LogP contribution >= 0.6 is 0 Å². The Bertz CT molecular complexity index is 497. The van der Waals surface area contributed by atoms with Crippen molar-refractivity contribution in [3.8, 4) is 0 Å². The highest BCUT2D eigenvalue weighted by atomic mass is 19.1. The van der Waals surface area contributed by atoms with Crippen LogP contribution in [-0.4, -0.2) is 23.0 Å². The van der Waals surface area contributed by atoms with Crippen LogP contribution in [0.1, 0.15) is 19.4 Å². The van der Waals surface area contributed by atoms with Gasteiger partial charge in [0.2, 0.25) is 5.91 Å². The zero-order valence-corrected chi connectivity index (χ0v) is 10.8. The molecule has 0 saturated carbocycles. The number of halogens is 1. The fraction of sp³-hybridized carbons (Fsp3) is 0.286. The molecular formula is C14H16FNO3. The number of benzene rings is 1. The van der Waals surface area contributed by atoms with Crippen molar-refractivity contribution in [3.05, 3.63) is 41.7 Å². The summed E-state index contributed by atoms with van der Waals surface area (Å²) in [4.78, 5) is 22.5. The zero-order valence-electron chi connectivity index (χ0n) is 10.8. The van der Waals surface area contributed by atoms with Gasteiger partial charge < -0.3 is 10.4 Å². The van der Waals surface area contributed by atoms with E-state index >= 15 is 0 Å². The molecule has 0 spiro atoms. The van der Waals surface area contributed by atoms with Gasteiger partial charge in [0.1, 0.15) is 11.9 Å². The molecule has 4 nitrogen and oxygen atoms in total. The van der Waals surface area contributed by atoms with Gasteiger partial charge >= 0.3 is 5.97 Å². The van der Waals surface area contributed by atoms with E-state index in [0.717, 1.165) is 6.08 Å². The largest absolute Gasteiger partial charge is 0.480 e. The monoisotopic (exact) mass is 265 g/mol. The van der Waals surface area contributed by atoms with Crippen molar-refractivity contribution in [2.24, 2.45) is 5.92 Å². The average Bonchev–Trinajstić information content (AvgIpc) is 2.34. The van der Waals surface area contributed by atoms with E-state index in [1.807, 2.05) is 0 Å². The van der Waals surface area contributed by atoms with Gasteiger partial charge in [-0.2, -0.15) is 0 Å². The maximum atomic E-state index is 13.3. The Morgan fingerprint density at radius 2 is 1.95 bits per heavy atom. The Hall–Kier alpha value is -2.17. The number of carboxylic acid groups (broad SMARTS) is 1. The summed E-state index contributed by atoms with van der Waals surface area (Å²) in [6.45, 7) is 3.39. The summed E-state index contributed by atoms with van der Waals surface area (Å²) in [6, 6.07) is 5.04. The number of carboxylic acids is 1. The Morgan fingerprint density at radius 1 is 1.32 bits per heavy atom. The van der Waals surface area contributed by atoms with Crippen LogP contribution in [0.5, 0.6) is 0 Å². The second kappa shape index (κ2) is 6.68. The van der Waals surface area contributed by atoms with Crippen molar-refractivity contribution in [3.63, 3.8) is 0 Å². The number of carbonyl (C=O) groups excluding carboxylic acids is 1. The van der Waals surface area contributed by atoms with Crippen LogP contribution < -0.4 is 5.32 Å². The summed E-state index contributed by atoms with van der Waals surface area (Å²) in [5.74, 6) is -2.33. The minimum absolute atomic E-state index is 0.233. The minimum Gasteiger partial charge on any atom is -0.480 e. The highest BCUT2D eigenvalue weighted by Gasteiger charge is 2.22. The van der Waals surface area contributed by atoms with Gasteiger partial charge in [0.15, 0.2) is 0 Å². The fourth-order valence-electron chi connectivity index (χ4n) is 1.49. The molecule has 2 N–H and O–H groups in total. The molecule has 1 amide bonds. The second-order valence-corrected chi connectivity index (χ2v) is 4.42. The van der Waals surface area contributed by atoms with E-state index < -0.39 is 23.7 Å². The standard InChI is InChI=1S/C14H16FNO3/c1-9(2)13(14(18)19)16-12(17)8-7-10-5-3-4-6-11(10)15/h3-9,13H,1-2H3,(H,16,17)(H,18,19)/t13-/m1/s1. The molecule has 102 valence electrons. The van der Waals surface area contributed by atoms with Gasteiger partial charge in [-0.1, -0.05) is 32.0 Å². The fourth-order valence-corrected chi connectivity index (χ4v) is 1.49. The number of hydrogen-bond donors (Lipinski definition) is 2. The van der Waals surface area contributed by atoms with Gasteiger partial charge in [0.25, 0.3) is 0 Å². The number of amides is 1. The number of carbonyl (C=O) groups is 2. The lowest BCUT2D eigenvalue weighted by molar-refractivity contribution is -0.142. The maximum absolute atomic E-state index is 13.3. The average molecular weight is 265 g/mol. The first-order valence-corrected chi connectivity index (χ1v) is 5.87. The van der Waals surface area contributed by atoms with Crippen LogP contribution in [0.2, 0.25) is 0 Å². The van der Waals surface area contributed by atoms with Crippen molar-refractivity contribution in [1.29, 1.82) is 0 Å². The molecule has 0 aliphatic heterocycles.